The molecule has 0 aliphatic heterocycles. The predicted octanol–water partition coefficient (Wildman–Crippen LogP) is 3.48. The van der Waals surface area contributed by atoms with Crippen molar-refractivity contribution in [2.45, 2.75) is 97.8 Å². The van der Waals surface area contributed by atoms with Gasteiger partial charge in [0.2, 0.25) is 0 Å². The van der Waals surface area contributed by atoms with Crippen LogP contribution in [0.3, 0.4) is 0 Å². The van der Waals surface area contributed by atoms with E-state index >= 15 is 0 Å². The molecule has 0 aromatic carbocycles. The Balaban J connectivity index is -0.000000493. The second-order valence-corrected chi connectivity index (χ2v) is 6.10. The number of hydrogen-bond donors (Lipinski definition) is 1. The number of aliphatic hydroxyl groups excluding tert-OH is 1. The van der Waals surface area contributed by atoms with Gasteiger partial charge in [-0.25, -0.2) is 0 Å². The summed E-state index contributed by atoms with van der Waals surface area (Å²) >= 11 is 0. The van der Waals surface area contributed by atoms with E-state index in [1.807, 2.05) is 6.92 Å². The number of rotatable bonds is 15. The molecular weight excluding hydrogens is 351 g/mol. The maximum absolute atomic E-state index is 11.1. The Morgan fingerprint density at radius 3 is 1.88 bits per heavy atom. The van der Waals surface area contributed by atoms with Crippen LogP contribution in [-0.2, 0) is 9.53 Å². The van der Waals surface area contributed by atoms with E-state index in [0.717, 1.165) is 19.3 Å². The molecule has 3 nitrogen and oxygen atoms in total. The van der Waals surface area contributed by atoms with Crippen molar-refractivity contribution in [2.24, 2.45) is 0 Å². The summed E-state index contributed by atoms with van der Waals surface area (Å²) in [5, 5.41) is 7.57. The number of unbranched alkanes of at least 4 members (excludes halogenated alkanes) is 8. The Labute approximate surface area is 207 Å². The molecule has 0 saturated carbocycles. The summed E-state index contributed by atoms with van der Waals surface area (Å²) in [7, 11) is 0. The number of esters is 1. The average Bonchev–Trinajstić information content (AvgIpc) is 2.59. The molecule has 0 bridgehead atoms. The molecule has 0 saturated heterocycles. The fourth-order valence-corrected chi connectivity index (χ4v) is 2.31. The van der Waals surface area contributed by atoms with Gasteiger partial charge in [0.05, 0.1) is 6.61 Å². The molecular formula is C22H43KO3. The van der Waals surface area contributed by atoms with Gasteiger partial charge < -0.3 is 11.3 Å². The third-order valence-electron chi connectivity index (χ3n) is 3.64. The van der Waals surface area contributed by atoms with Crippen molar-refractivity contribution in [3.05, 3.63) is 24.3 Å². The van der Waals surface area contributed by atoms with Crippen molar-refractivity contribution < 1.29 is 67.4 Å². The molecule has 4 heteroatoms. The van der Waals surface area contributed by atoms with Gasteiger partial charge in [-0.05, 0) is 52.4 Å². The quantitative estimate of drug-likeness (QED) is 0.200. The van der Waals surface area contributed by atoms with Gasteiger partial charge >= 0.3 is 57.4 Å². The molecule has 0 heterocycles. The Morgan fingerprint density at radius 2 is 1.35 bits per heavy atom. The maximum atomic E-state index is 11.1. The zero-order valence-corrected chi connectivity index (χ0v) is 21.1. The number of allylic oxidation sites excluding steroid dienone is 4. The summed E-state index contributed by atoms with van der Waals surface area (Å²) in [6, 6.07) is 0. The van der Waals surface area contributed by atoms with Gasteiger partial charge in [-0.2, -0.15) is 0 Å². The van der Waals surface area contributed by atoms with Crippen molar-refractivity contribution in [3.63, 3.8) is 0 Å². The van der Waals surface area contributed by atoms with Crippen molar-refractivity contribution in [2.75, 3.05) is 13.2 Å². The van der Waals surface area contributed by atoms with E-state index in [2.05, 4.69) is 31.2 Å². The SMILES string of the molecule is CCCCC/C=C\C/C=C\CCCCCCCC(=O)OCC.CCO.[H-].[K+]. The fraction of sp³-hybridized carbons (Fsp3) is 0.773. The minimum atomic E-state index is -0.0480. The van der Waals surface area contributed by atoms with E-state index in [1.54, 1.807) is 6.92 Å². The first-order valence-corrected chi connectivity index (χ1v) is 10.3. The van der Waals surface area contributed by atoms with E-state index in [4.69, 9.17) is 9.84 Å². The summed E-state index contributed by atoms with van der Waals surface area (Å²) in [4.78, 5) is 11.1. The number of aliphatic hydroxyl groups is 1. The van der Waals surface area contributed by atoms with Crippen LogP contribution >= 0.6 is 0 Å². The molecule has 0 aliphatic carbocycles. The zero-order valence-electron chi connectivity index (χ0n) is 19.0. The normalized spacial score (nSPS) is 10.5. The third-order valence-corrected chi connectivity index (χ3v) is 3.64. The van der Waals surface area contributed by atoms with Crippen LogP contribution in [0, 0.1) is 0 Å². The number of carbonyl (C=O) groups is 1. The second kappa shape index (κ2) is 30.3. The van der Waals surface area contributed by atoms with Crippen LogP contribution in [0.5, 0.6) is 0 Å². The van der Waals surface area contributed by atoms with E-state index in [9.17, 15) is 4.79 Å². The number of carbonyl (C=O) groups excluding carboxylic acids is 1. The zero-order chi connectivity index (χ0) is 19.0. The smallest absolute Gasteiger partial charge is 1.00 e. The number of hydrogen-bond acceptors (Lipinski definition) is 3. The Bertz CT molecular complexity index is 321. The predicted molar refractivity (Wildman–Crippen MR) is 110 cm³/mol. The fourth-order valence-electron chi connectivity index (χ4n) is 2.31. The van der Waals surface area contributed by atoms with Crippen molar-refractivity contribution >= 4 is 5.97 Å². The Morgan fingerprint density at radius 1 is 0.846 bits per heavy atom. The first-order chi connectivity index (χ1) is 12.2. The topological polar surface area (TPSA) is 46.5 Å². The van der Waals surface area contributed by atoms with Gasteiger partial charge in [-0.1, -0.05) is 63.3 Å². The van der Waals surface area contributed by atoms with Crippen LogP contribution < -0.4 is 51.4 Å². The molecule has 0 atom stereocenters. The molecule has 1 N–H and O–H groups in total. The van der Waals surface area contributed by atoms with Crippen LogP contribution in [-0.4, -0.2) is 24.3 Å². The molecule has 0 amide bonds. The molecule has 0 spiro atoms. The molecule has 0 aliphatic rings. The summed E-state index contributed by atoms with van der Waals surface area (Å²) in [5.74, 6) is -0.0480. The molecule has 0 fully saturated rings. The van der Waals surface area contributed by atoms with E-state index in [1.165, 1.54) is 51.4 Å². The standard InChI is InChI=1S/C20H36O2.C2H6O.K.H/c1-3-5-6-7-8-9-10-11-12-13-14-15-16-17-18-19-20(21)22-4-2;1-2-3;;/h8-9,11-12H,3-7,10,13-19H2,1-2H3;3H,2H2,1H3;;/q;;+1;-1/b9-8-,12-11-;;;. The van der Waals surface area contributed by atoms with Crippen LogP contribution in [0.25, 0.3) is 0 Å². The average molecular weight is 395 g/mol. The van der Waals surface area contributed by atoms with Crippen LogP contribution in [0.4, 0.5) is 0 Å². The maximum Gasteiger partial charge on any atom is 1.00 e. The van der Waals surface area contributed by atoms with Gasteiger partial charge in [0.1, 0.15) is 0 Å². The van der Waals surface area contributed by atoms with Gasteiger partial charge in [-0.15, -0.1) is 0 Å². The van der Waals surface area contributed by atoms with Gasteiger partial charge in [0.25, 0.3) is 0 Å². The second-order valence-electron chi connectivity index (χ2n) is 6.10. The summed E-state index contributed by atoms with van der Waals surface area (Å²) in [6.07, 6.45) is 23.1. The summed E-state index contributed by atoms with van der Waals surface area (Å²) in [6.45, 7) is 6.53. The first kappa shape index (κ1) is 31.2. The van der Waals surface area contributed by atoms with Crippen LogP contribution in [0.15, 0.2) is 24.3 Å². The van der Waals surface area contributed by atoms with Crippen LogP contribution in [0.1, 0.15) is 99.2 Å². The molecule has 26 heavy (non-hydrogen) atoms. The van der Waals surface area contributed by atoms with E-state index < -0.39 is 0 Å². The minimum absolute atomic E-state index is 0. The Hall–Kier alpha value is 0.546. The van der Waals surface area contributed by atoms with Gasteiger partial charge in [-0.3, -0.25) is 4.79 Å². The van der Waals surface area contributed by atoms with Crippen molar-refractivity contribution in [1.29, 1.82) is 0 Å². The number of ether oxygens (including phenoxy) is 1. The van der Waals surface area contributed by atoms with Gasteiger partial charge in [0, 0.05) is 13.0 Å². The Kier molecular flexibility index (Phi) is 36.4. The first-order valence-electron chi connectivity index (χ1n) is 10.3. The van der Waals surface area contributed by atoms with Crippen LogP contribution in [0.2, 0.25) is 0 Å². The molecule has 150 valence electrons. The van der Waals surface area contributed by atoms with E-state index in [0.29, 0.717) is 13.0 Å². The van der Waals surface area contributed by atoms with E-state index in [-0.39, 0.29) is 65.4 Å². The molecule has 0 radical (unpaired) electrons. The third kappa shape index (κ3) is 32.2. The molecule has 0 rings (SSSR count). The molecule has 0 aromatic heterocycles. The molecule has 0 aromatic rings. The minimum Gasteiger partial charge on any atom is -1.00 e. The molecule has 0 unspecified atom stereocenters. The summed E-state index contributed by atoms with van der Waals surface area (Å²) in [5.41, 5.74) is 0. The monoisotopic (exact) mass is 394 g/mol. The largest absolute Gasteiger partial charge is 1.00 e. The summed E-state index contributed by atoms with van der Waals surface area (Å²) < 4.78 is 4.91. The van der Waals surface area contributed by atoms with Gasteiger partial charge in [0.15, 0.2) is 0 Å². The van der Waals surface area contributed by atoms with Crippen molar-refractivity contribution in [3.8, 4) is 0 Å². The van der Waals surface area contributed by atoms with Crippen molar-refractivity contribution in [1.82, 2.24) is 0 Å².